The molecule has 0 aromatic heterocycles. The van der Waals surface area contributed by atoms with Gasteiger partial charge < -0.3 is 15.0 Å². The first kappa shape index (κ1) is 19.0. The first-order chi connectivity index (χ1) is 14.2. The topological polar surface area (TPSA) is 58.6 Å². The fourth-order valence-electron chi connectivity index (χ4n) is 3.70. The van der Waals surface area contributed by atoms with E-state index < -0.39 is 0 Å². The molecule has 0 radical (unpaired) electrons. The quantitative estimate of drug-likeness (QED) is 0.705. The van der Waals surface area contributed by atoms with E-state index in [4.69, 9.17) is 4.74 Å². The van der Waals surface area contributed by atoms with Crippen molar-refractivity contribution < 1.29 is 14.3 Å². The lowest BCUT2D eigenvalue weighted by molar-refractivity contribution is -0.128. The van der Waals surface area contributed by atoms with Crippen molar-refractivity contribution in [1.82, 2.24) is 10.2 Å². The highest BCUT2D eigenvalue weighted by Crippen LogP contribution is 2.24. The van der Waals surface area contributed by atoms with Crippen LogP contribution in [-0.4, -0.2) is 43.5 Å². The van der Waals surface area contributed by atoms with E-state index in [9.17, 15) is 9.59 Å². The summed E-state index contributed by atoms with van der Waals surface area (Å²) in [5.74, 6) is 0.696. The van der Waals surface area contributed by atoms with E-state index in [1.165, 1.54) is 5.56 Å². The number of hydrogen-bond acceptors (Lipinski definition) is 3. The molecule has 0 atom stereocenters. The highest BCUT2D eigenvalue weighted by molar-refractivity contribution is 5.96. The molecule has 0 unspecified atom stereocenters. The number of carbonyl (C=O) groups is 2. The molecule has 0 aliphatic carbocycles. The molecule has 1 aliphatic heterocycles. The van der Waals surface area contributed by atoms with E-state index in [0.29, 0.717) is 25.2 Å². The van der Waals surface area contributed by atoms with Gasteiger partial charge in [-0.3, -0.25) is 9.59 Å². The molecule has 3 aromatic carbocycles. The van der Waals surface area contributed by atoms with Gasteiger partial charge in [-0.15, -0.1) is 0 Å². The summed E-state index contributed by atoms with van der Waals surface area (Å²) in [4.78, 5) is 26.5. The zero-order valence-electron chi connectivity index (χ0n) is 16.4. The predicted octanol–water partition coefficient (Wildman–Crippen LogP) is 3.28. The van der Waals surface area contributed by atoms with Crippen molar-refractivity contribution in [1.29, 1.82) is 0 Å². The number of carbonyl (C=O) groups excluding carboxylic acids is 2. The monoisotopic (exact) mass is 388 g/mol. The van der Waals surface area contributed by atoms with Crippen molar-refractivity contribution in [3.05, 3.63) is 77.9 Å². The van der Waals surface area contributed by atoms with Crippen molar-refractivity contribution in [3.8, 4) is 5.75 Å². The second-order valence-electron chi connectivity index (χ2n) is 7.32. The fourth-order valence-corrected chi connectivity index (χ4v) is 3.70. The number of benzene rings is 3. The Morgan fingerprint density at radius 1 is 1.03 bits per heavy atom. The molecule has 1 saturated heterocycles. The van der Waals surface area contributed by atoms with Crippen LogP contribution in [0.3, 0.4) is 0 Å². The maximum Gasteiger partial charge on any atom is 0.253 e. The number of amides is 2. The molecular formula is C24H24N2O3. The predicted molar refractivity (Wildman–Crippen MR) is 113 cm³/mol. The fraction of sp³-hybridized carbons (Fsp3) is 0.250. The summed E-state index contributed by atoms with van der Waals surface area (Å²) in [5.41, 5.74) is 1.84. The van der Waals surface area contributed by atoms with Gasteiger partial charge in [0.1, 0.15) is 5.75 Å². The molecule has 5 heteroatoms. The van der Waals surface area contributed by atoms with Gasteiger partial charge in [0.05, 0.1) is 13.0 Å². The van der Waals surface area contributed by atoms with Crippen LogP contribution in [-0.2, 0) is 11.2 Å². The van der Waals surface area contributed by atoms with Gasteiger partial charge in [0, 0.05) is 25.2 Å². The van der Waals surface area contributed by atoms with Crippen molar-refractivity contribution in [2.45, 2.75) is 6.42 Å². The molecule has 1 heterocycles. The van der Waals surface area contributed by atoms with Crippen LogP contribution in [0.15, 0.2) is 66.7 Å². The van der Waals surface area contributed by atoms with Gasteiger partial charge in [-0.05, 0) is 47.0 Å². The van der Waals surface area contributed by atoms with Gasteiger partial charge in [-0.1, -0.05) is 42.5 Å². The molecule has 1 fully saturated rings. The summed E-state index contributed by atoms with van der Waals surface area (Å²) >= 11 is 0. The van der Waals surface area contributed by atoms with Crippen molar-refractivity contribution >= 4 is 22.6 Å². The summed E-state index contributed by atoms with van der Waals surface area (Å²) in [6.45, 7) is 1.52. The maximum atomic E-state index is 12.4. The Bertz CT molecular complexity index is 1030. The Morgan fingerprint density at radius 2 is 1.83 bits per heavy atom. The van der Waals surface area contributed by atoms with E-state index >= 15 is 0 Å². The molecule has 5 nitrogen and oxygen atoms in total. The summed E-state index contributed by atoms with van der Waals surface area (Å²) in [7, 11) is 1.66. The lowest BCUT2D eigenvalue weighted by Crippen LogP contribution is -2.55. The SMILES string of the molecule is COc1ccc2cccc(CCNC(=O)C3CN(C(=O)c4ccccc4)C3)c2c1. The van der Waals surface area contributed by atoms with Crippen LogP contribution in [0.2, 0.25) is 0 Å². The molecule has 2 amide bonds. The summed E-state index contributed by atoms with van der Waals surface area (Å²) < 4.78 is 5.33. The minimum atomic E-state index is -0.129. The Morgan fingerprint density at radius 3 is 2.59 bits per heavy atom. The largest absolute Gasteiger partial charge is 0.497 e. The Labute approximate surface area is 170 Å². The first-order valence-corrected chi connectivity index (χ1v) is 9.83. The van der Waals surface area contributed by atoms with Crippen LogP contribution >= 0.6 is 0 Å². The minimum absolute atomic E-state index is 0.0138. The molecular weight excluding hydrogens is 364 g/mol. The third-order valence-electron chi connectivity index (χ3n) is 5.43. The van der Waals surface area contributed by atoms with Gasteiger partial charge in [-0.2, -0.15) is 0 Å². The minimum Gasteiger partial charge on any atom is -0.497 e. The van der Waals surface area contributed by atoms with Crippen LogP contribution < -0.4 is 10.1 Å². The van der Waals surface area contributed by atoms with Gasteiger partial charge in [0.2, 0.25) is 5.91 Å². The van der Waals surface area contributed by atoms with E-state index in [-0.39, 0.29) is 17.7 Å². The molecule has 148 valence electrons. The van der Waals surface area contributed by atoms with Crippen molar-refractivity contribution in [2.24, 2.45) is 5.92 Å². The van der Waals surface area contributed by atoms with Gasteiger partial charge in [-0.25, -0.2) is 0 Å². The summed E-state index contributed by atoms with van der Waals surface area (Å²) in [6.07, 6.45) is 0.746. The number of nitrogens with one attached hydrogen (secondary N) is 1. The van der Waals surface area contributed by atoms with E-state index in [1.807, 2.05) is 42.5 Å². The van der Waals surface area contributed by atoms with Crippen LogP contribution in [0, 0.1) is 5.92 Å². The van der Waals surface area contributed by atoms with Gasteiger partial charge >= 0.3 is 0 Å². The average molecular weight is 388 g/mol. The maximum absolute atomic E-state index is 12.4. The molecule has 3 aromatic rings. The normalized spacial score (nSPS) is 13.8. The number of ether oxygens (including phenoxy) is 1. The van der Waals surface area contributed by atoms with Crippen LogP contribution in [0.4, 0.5) is 0 Å². The zero-order chi connectivity index (χ0) is 20.2. The number of fused-ring (bicyclic) bond motifs is 1. The second-order valence-corrected chi connectivity index (χ2v) is 7.32. The molecule has 1 aliphatic rings. The lowest BCUT2D eigenvalue weighted by atomic mass is 9.97. The highest BCUT2D eigenvalue weighted by atomic mass is 16.5. The Kier molecular flexibility index (Phi) is 5.47. The van der Waals surface area contributed by atoms with Crippen LogP contribution in [0.5, 0.6) is 5.75 Å². The number of nitrogens with zero attached hydrogens (tertiary/aromatic N) is 1. The Balaban J connectivity index is 1.29. The van der Waals surface area contributed by atoms with E-state index in [0.717, 1.165) is 22.9 Å². The highest BCUT2D eigenvalue weighted by Gasteiger charge is 2.35. The van der Waals surface area contributed by atoms with Crippen molar-refractivity contribution in [2.75, 3.05) is 26.7 Å². The third kappa shape index (κ3) is 4.09. The molecule has 29 heavy (non-hydrogen) atoms. The van der Waals surface area contributed by atoms with Crippen LogP contribution in [0.1, 0.15) is 15.9 Å². The lowest BCUT2D eigenvalue weighted by Gasteiger charge is -2.38. The van der Waals surface area contributed by atoms with Gasteiger partial charge in [0.15, 0.2) is 0 Å². The number of rotatable bonds is 6. The zero-order valence-corrected chi connectivity index (χ0v) is 16.4. The van der Waals surface area contributed by atoms with Crippen LogP contribution in [0.25, 0.3) is 10.8 Å². The van der Waals surface area contributed by atoms with Gasteiger partial charge in [0.25, 0.3) is 5.91 Å². The summed E-state index contributed by atoms with van der Waals surface area (Å²) in [6, 6.07) is 21.4. The summed E-state index contributed by atoms with van der Waals surface area (Å²) in [5, 5.41) is 5.32. The number of methoxy groups -OCH3 is 1. The molecule has 0 spiro atoms. The number of hydrogen-bond donors (Lipinski definition) is 1. The average Bonchev–Trinajstić information content (AvgIpc) is 2.73. The number of likely N-dealkylation sites (tertiary alicyclic amines) is 1. The standard InChI is InChI=1S/C24H24N2O3/c1-29-21-11-10-17-8-5-9-18(22(17)14-21)12-13-25-23(27)20-15-26(16-20)24(28)19-6-3-2-4-7-19/h2-11,14,20H,12-13,15-16H2,1H3,(H,25,27). The molecule has 0 saturated carbocycles. The second kappa shape index (κ2) is 8.35. The molecule has 1 N–H and O–H groups in total. The van der Waals surface area contributed by atoms with E-state index in [1.54, 1.807) is 24.1 Å². The van der Waals surface area contributed by atoms with E-state index in [2.05, 4.69) is 17.4 Å². The molecule has 0 bridgehead atoms. The third-order valence-corrected chi connectivity index (χ3v) is 5.43. The molecule has 4 rings (SSSR count). The first-order valence-electron chi connectivity index (χ1n) is 9.83. The Hall–Kier alpha value is -3.34. The van der Waals surface area contributed by atoms with Crippen molar-refractivity contribution in [3.63, 3.8) is 0 Å². The smallest absolute Gasteiger partial charge is 0.253 e.